The second-order valence-electron chi connectivity index (χ2n) is 4.24. The Morgan fingerprint density at radius 3 is 3.00 bits per heavy atom. The zero-order chi connectivity index (χ0) is 16.1. The number of tetrazole rings is 1. The van der Waals surface area contributed by atoms with Gasteiger partial charge in [0.25, 0.3) is 11.9 Å². The van der Waals surface area contributed by atoms with Crippen molar-refractivity contribution in [3.8, 4) is 0 Å². The van der Waals surface area contributed by atoms with Crippen LogP contribution in [0, 0.1) is 0 Å². The van der Waals surface area contributed by atoms with Gasteiger partial charge in [-0.2, -0.15) is 4.80 Å². The Labute approximate surface area is 145 Å². The molecule has 1 amide bonds. The summed E-state index contributed by atoms with van der Waals surface area (Å²) < 4.78 is 0.741. The van der Waals surface area contributed by atoms with E-state index in [4.69, 9.17) is 23.8 Å². The highest BCUT2D eigenvalue weighted by atomic mass is 79.9. The molecule has 0 unspecified atom stereocenters. The van der Waals surface area contributed by atoms with E-state index >= 15 is 0 Å². The van der Waals surface area contributed by atoms with Gasteiger partial charge in [-0.3, -0.25) is 15.4 Å². The lowest BCUT2D eigenvalue weighted by Crippen LogP contribution is -2.34. The Morgan fingerprint density at radius 1 is 1.50 bits per heavy atom. The molecule has 1 heterocycles. The standard InChI is InChI=1S/C12H12BrClN6OS/c1-2-5-20-18-11(17-19-20)16-12(22)15-10(21)8-6-7(13)3-4-9(8)14/h3-4,6H,2,5H2,1H3,(H2,15,16,18,21,22). The average molecular weight is 404 g/mol. The van der Waals surface area contributed by atoms with E-state index in [1.54, 1.807) is 18.2 Å². The van der Waals surface area contributed by atoms with E-state index in [2.05, 4.69) is 42.0 Å². The van der Waals surface area contributed by atoms with Crippen LogP contribution in [0.5, 0.6) is 0 Å². The molecular weight excluding hydrogens is 392 g/mol. The molecule has 1 aromatic carbocycles. The summed E-state index contributed by atoms with van der Waals surface area (Å²) in [5.41, 5.74) is 0.308. The van der Waals surface area contributed by atoms with Crippen molar-refractivity contribution in [2.24, 2.45) is 0 Å². The number of anilines is 1. The van der Waals surface area contributed by atoms with Gasteiger partial charge in [0.2, 0.25) is 0 Å². The first kappa shape index (κ1) is 16.8. The minimum Gasteiger partial charge on any atom is -0.299 e. The summed E-state index contributed by atoms with van der Waals surface area (Å²) in [6, 6.07) is 4.97. The van der Waals surface area contributed by atoms with Crippen LogP contribution in [-0.2, 0) is 6.54 Å². The Balaban J connectivity index is 1.98. The van der Waals surface area contributed by atoms with Gasteiger partial charge >= 0.3 is 0 Å². The smallest absolute Gasteiger partial charge is 0.269 e. The lowest BCUT2D eigenvalue weighted by molar-refractivity contribution is 0.0978. The van der Waals surface area contributed by atoms with Crippen LogP contribution in [0.25, 0.3) is 0 Å². The van der Waals surface area contributed by atoms with Gasteiger partial charge in [0, 0.05) is 4.47 Å². The van der Waals surface area contributed by atoms with Crippen LogP contribution in [0.1, 0.15) is 23.7 Å². The summed E-state index contributed by atoms with van der Waals surface area (Å²) in [5.74, 6) is -0.205. The zero-order valence-corrected chi connectivity index (χ0v) is 14.7. The van der Waals surface area contributed by atoms with E-state index in [1.807, 2.05) is 6.92 Å². The highest BCUT2D eigenvalue weighted by Crippen LogP contribution is 2.20. The molecule has 0 bridgehead atoms. The number of nitrogens with zero attached hydrogens (tertiary/aromatic N) is 4. The Bertz CT molecular complexity index is 707. The maximum Gasteiger partial charge on any atom is 0.269 e. The summed E-state index contributed by atoms with van der Waals surface area (Å²) >= 11 is 14.3. The van der Waals surface area contributed by atoms with Crippen molar-refractivity contribution in [2.45, 2.75) is 19.9 Å². The number of halogens is 2. The molecule has 2 N–H and O–H groups in total. The van der Waals surface area contributed by atoms with Crippen LogP contribution in [0.3, 0.4) is 0 Å². The molecule has 22 heavy (non-hydrogen) atoms. The molecule has 0 atom stereocenters. The number of benzene rings is 1. The van der Waals surface area contributed by atoms with E-state index in [0.29, 0.717) is 17.1 Å². The molecule has 0 aliphatic carbocycles. The SMILES string of the molecule is CCCn1nnc(NC(=S)NC(=O)c2cc(Br)ccc2Cl)n1. The number of carbonyl (C=O) groups is 1. The molecule has 0 spiro atoms. The lowest BCUT2D eigenvalue weighted by Gasteiger charge is -2.08. The highest BCUT2D eigenvalue weighted by Gasteiger charge is 2.13. The normalized spacial score (nSPS) is 10.3. The first-order valence-electron chi connectivity index (χ1n) is 6.34. The third-order valence-corrected chi connectivity index (χ3v) is 3.53. The van der Waals surface area contributed by atoms with Gasteiger partial charge in [-0.05, 0) is 42.1 Å². The van der Waals surface area contributed by atoms with Crippen LogP contribution in [0.15, 0.2) is 22.7 Å². The Hall–Kier alpha value is -1.58. The minimum absolute atomic E-state index is 0.0668. The number of hydrogen-bond acceptors (Lipinski definition) is 5. The number of aromatic nitrogens is 4. The number of aryl methyl sites for hydroxylation is 1. The van der Waals surface area contributed by atoms with Crippen LogP contribution in [-0.4, -0.2) is 31.2 Å². The van der Waals surface area contributed by atoms with Gasteiger partial charge in [-0.25, -0.2) is 0 Å². The maximum atomic E-state index is 12.1. The van der Waals surface area contributed by atoms with Crippen LogP contribution >= 0.6 is 39.7 Å². The summed E-state index contributed by atoms with van der Waals surface area (Å²) in [5, 5.41) is 17.3. The average Bonchev–Trinajstić information content (AvgIpc) is 2.89. The van der Waals surface area contributed by atoms with Crippen LogP contribution < -0.4 is 10.6 Å². The summed E-state index contributed by atoms with van der Waals surface area (Å²) in [6.07, 6.45) is 0.887. The topological polar surface area (TPSA) is 84.7 Å². The van der Waals surface area contributed by atoms with Gasteiger partial charge in [0.15, 0.2) is 5.11 Å². The first-order chi connectivity index (χ1) is 10.5. The second-order valence-corrected chi connectivity index (χ2v) is 5.97. The number of hydrogen-bond donors (Lipinski definition) is 2. The Kier molecular flexibility index (Phi) is 5.81. The van der Waals surface area contributed by atoms with Crippen LogP contribution in [0.4, 0.5) is 5.95 Å². The molecule has 1 aromatic heterocycles. The molecular formula is C12H12BrClN6OS. The zero-order valence-electron chi connectivity index (χ0n) is 11.5. The molecule has 116 valence electrons. The molecule has 7 nitrogen and oxygen atoms in total. The lowest BCUT2D eigenvalue weighted by atomic mass is 10.2. The predicted molar refractivity (Wildman–Crippen MR) is 90.9 cm³/mol. The van der Waals surface area contributed by atoms with Crippen molar-refractivity contribution < 1.29 is 4.79 Å². The third-order valence-electron chi connectivity index (χ3n) is 2.50. The predicted octanol–water partition coefficient (Wildman–Crippen LogP) is 2.63. The van der Waals surface area contributed by atoms with Gasteiger partial charge in [0.1, 0.15) is 0 Å². The summed E-state index contributed by atoms with van der Waals surface area (Å²) in [7, 11) is 0. The fraction of sp³-hybridized carbons (Fsp3) is 0.250. The molecule has 2 aromatic rings. The quantitative estimate of drug-likeness (QED) is 0.764. The van der Waals surface area contributed by atoms with Crippen molar-refractivity contribution in [2.75, 3.05) is 5.32 Å². The summed E-state index contributed by atoms with van der Waals surface area (Å²) in [4.78, 5) is 13.6. The van der Waals surface area contributed by atoms with E-state index in [-0.39, 0.29) is 11.1 Å². The summed E-state index contributed by atoms with van der Waals surface area (Å²) in [6.45, 7) is 2.66. The highest BCUT2D eigenvalue weighted by molar-refractivity contribution is 9.10. The maximum absolute atomic E-state index is 12.1. The fourth-order valence-corrected chi connectivity index (χ4v) is 2.31. The van der Waals surface area contributed by atoms with Gasteiger partial charge in [0.05, 0.1) is 17.1 Å². The van der Waals surface area contributed by atoms with E-state index < -0.39 is 5.91 Å². The number of amides is 1. The largest absolute Gasteiger partial charge is 0.299 e. The molecule has 10 heteroatoms. The van der Waals surface area contributed by atoms with Crippen molar-refractivity contribution in [1.82, 2.24) is 25.5 Å². The van der Waals surface area contributed by atoms with Crippen molar-refractivity contribution in [3.63, 3.8) is 0 Å². The molecule has 0 aliphatic heterocycles. The molecule has 0 radical (unpaired) electrons. The van der Waals surface area contributed by atoms with Crippen molar-refractivity contribution in [3.05, 3.63) is 33.3 Å². The number of nitrogens with one attached hydrogen (secondary N) is 2. The van der Waals surface area contributed by atoms with E-state index in [0.717, 1.165) is 10.9 Å². The van der Waals surface area contributed by atoms with Gasteiger partial charge < -0.3 is 0 Å². The second kappa shape index (κ2) is 7.61. The molecule has 0 saturated heterocycles. The third kappa shape index (κ3) is 4.46. The molecule has 0 aliphatic rings. The first-order valence-corrected chi connectivity index (χ1v) is 7.92. The molecule has 0 saturated carbocycles. The monoisotopic (exact) mass is 402 g/mol. The fourth-order valence-electron chi connectivity index (χ4n) is 1.56. The van der Waals surface area contributed by atoms with E-state index in [9.17, 15) is 4.79 Å². The van der Waals surface area contributed by atoms with Gasteiger partial charge in [-0.1, -0.05) is 39.6 Å². The van der Waals surface area contributed by atoms with Crippen molar-refractivity contribution in [1.29, 1.82) is 0 Å². The van der Waals surface area contributed by atoms with Crippen molar-refractivity contribution >= 4 is 56.7 Å². The molecule has 0 fully saturated rings. The van der Waals surface area contributed by atoms with E-state index in [1.165, 1.54) is 4.80 Å². The number of rotatable bonds is 4. The number of carbonyl (C=O) groups excluding carboxylic acids is 1. The van der Waals surface area contributed by atoms with Gasteiger partial charge in [-0.15, -0.1) is 5.10 Å². The number of thiocarbonyl (C=S) groups is 1. The Morgan fingerprint density at radius 2 is 2.27 bits per heavy atom. The van der Waals surface area contributed by atoms with Crippen LogP contribution in [0.2, 0.25) is 5.02 Å². The molecule has 2 rings (SSSR count). The minimum atomic E-state index is -0.426.